The average Bonchev–Trinajstić information content (AvgIpc) is 3.25. The Balaban J connectivity index is 1.25. The standard InChI is InChI=1S/C23H22ClN5O3S/c24-20-8-4-3-7-19(20)23-27-26-21-11-12-22(28-29(21)23)32-14-13-25-33(30,31)18-10-9-16-5-1-2-6-17(16)15-18/h3-4,7-12,15,25H,1-2,5-6,13-14H2. The van der Waals surface area contributed by atoms with Gasteiger partial charge >= 0.3 is 0 Å². The number of rotatable bonds is 7. The van der Waals surface area contributed by atoms with Gasteiger partial charge in [0.2, 0.25) is 15.9 Å². The number of benzene rings is 2. The molecule has 10 heteroatoms. The van der Waals surface area contributed by atoms with E-state index in [9.17, 15) is 8.42 Å². The van der Waals surface area contributed by atoms with Gasteiger partial charge in [-0.2, -0.15) is 4.52 Å². The molecule has 170 valence electrons. The topological polar surface area (TPSA) is 98.5 Å². The van der Waals surface area contributed by atoms with Crippen molar-refractivity contribution in [3.8, 4) is 17.3 Å². The fourth-order valence-corrected chi connectivity index (χ4v) is 5.24. The SMILES string of the molecule is O=S(=O)(NCCOc1ccc2nnc(-c3ccccc3Cl)n2n1)c1ccc2c(c1)CCCC2. The second-order valence-corrected chi connectivity index (χ2v) is 10.0. The summed E-state index contributed by atoms with van der Waals surface area (Å²) < 4.78 is 35.2. The Hall–Kier alpha value is -3.01. The molecule has 4 aromatic rings. The van der Waals surface area contributed by atoms with E-state index in [0.29, 0.717) is 27.9 Å². The molecule has 1 aliphatic carbocycles. The number of sulfonamides is 1. The molecule has 0 saturated carbocycles. The zero-order valence-corrected chi connectivity index (χ0v) is 19.3. The summed E-state index contributed by atoms with van der Waals surface area (Å²) in [5, 5.41) is 13.3. The van der Waals surface area contributed by atoms with Gasteiger partial charge in [0.1, 0.15) is 6.61 Å². The van der Waals surface area contributed by atoms with Gasteiger partial charge in [0.25, 0.3) is 0 Å². The van der Waals surface area contributed by atoms with Crippen LogP contribution in [-0.2, 0) is 22.9 Å². The lowest BCUT2D eigenvalue weighted by molar-refractivity contribution is 0.306. The van der Waals surface area contributed by atoms with Crippen LogP contribution in [0.5, 0.6) is 5.88 Å². The van der Waals surface area contributed by atoms with E-state index in [4.69, 9.17) is 16.3 Å². The number of aryl methyl sites for hydroxylation is 2. The minimum absolute atomic E-state index is 0.110. The number of ether oxygens (including phenoxy) is 1. The molecule has 0 bridgehead atoms. The van der Waals surface area contributed by atoms with Crippen LogP contribution < -0.4 is 9.46 Å². The van der Waals surface area contributed by atoms with Gasteiger partial charge in [-0.05, 0) is 67.1 Å². The molecule has 1 aliphatic rings. The van der Waals surface area contributed by atoms with Crippen molar-refractivity contribution in [1.29, 1.82) is 0 Å². The van der Waals surface area contributed by atoms with E-state index in [1.165, 1.54) is 5.56 Å². The monoisotopic (exact) mass is 483 g/mol. The maximum absolute atomic E-state index is 12.7. The lowest BCUT2D eigenvalue weighted by Gasteiger charge is -2.16. The lowest BCUT2D eigenvalue weighted by Crippen LogP contribution is -2.28. The molecule has 1 N–H and O–H groups in total. The first-order valence-corrected chi connectivity index (χ1v) is 12.6. The highest BCUT2D eigenvalue weighted by atomic mass is 35.5. The summed E-state index contributed by atoms with van der Waals surface area (Å²) in [5.74, 6) is 0.817. The first kappa shape index (κ1) is 21.8. The van der Waals surface area contributed by atoms with Gasteiger partial charge in [-0.15, -0.1) is 15.3 Å². The van der Waals surface area contributed by atoms with Crippen LogP contribution in [0.4, 0.5) is 0 Å². The van der Waals surface area contributed by atoms with Crippen molar-refractivity contribution < 1.29 is 13.2 Å². The second-order valence-electron chi connectivity index (χ2n) is 7.83. The van der Waals surface area contributed by atoms with E-state index in [0.717, 1.165) is 31.2 Å². The maximum atomic E-state index is 12.7. The van der Waals surface area contributed by atoms with Crippen LogP contribution in [0.1, 0.15) is 24.0 Å². The number of aromatic nitrogens is 4. The molecule has 0 saturated heterocycles. The molecule has 0 amide bonds. The van der Waals surface area contributed by atoms with E-state index in [-0.39, 0.29) is 18.0 Å². The Morgan fingerprint density at radius 2 is 1.82 bits per heavy atom. The third kappa shape index (κ3) is 4.57. The molecule has 2 heterocycles. The van der Waals surface area contributed by atoms with E-state index in [1.807, 2.05) is 24.3 Å². The molecule has 0 atom stereocenters. The van der Waals surface area contributed by atoms with Gasteiger partial charge in [0.15, 0.2) is 11.5 Å². The number of nitrogens with one attached hydrogen (secondary N) is 1. The summed E-state index contributed by atoms with van der Waals surface area (Å²) in [5.41, 5.74) is 3.62. The summed E-state index contributed by atoms with van der Waals surface area (Å²) in [7, 11) is -3.61. The van der Waals surface area contributed by atoms with Crippen LogP contribution in [0.25, 0.3) is 17.0 Å². The molecular weight excluding hydrogens is 462 g/mol. The largest absolute Gasteiger partial charge is 0.475 e. The van der Waals surface area contributed by atoms with Crippen LogP contribution >= 0.6 is 11.6 Å². The number of hydrogen-bond donors (Lipinski definition) is 1. The van der Waals surface area contributed by atoms with E-state index >= 15 is 0 Å². The third-order valence-corrected chi connectivity index (χ3v) is 7.42. The fraction of sp³-hybridized carbons (Fsp3) is 0.261. The highest BCUT2D eigenvalue weighted by Crippen LogP contribution is 2.26. The fourth-order valence-electron chi connectivity index (χ4n) is 3.95. The van der Waals surface area contributed by atoms with Crippen molar-refractivity contribution >= 4 is 27.3 Å². The summed E-state index contributed by atoms with van der Waals surface area (Å²) in [6.45, 7) is 0.227. The molecule has 0 aliphatic heterocycles. The van der Waals surface area contributed by atoms with Crippen molar-refractivity contribution in [2.75, 3.05) is 13.2 Å². The molecular formula is C23H22ClN5O3S. The van der Waals surface area contributed by atoms with E-state index in [1.54, 1.807) is 34.8 Å². The zero-order valence-electron chi connectivity index (χ0n) is 17.7. The van der Waals surface area contributed by atoms with Crippen molar-refractivity contribution in [2.45, 2.75) is 30.6 Å². The summed E-state index contributed by atoms with van der Waals surface area (Å²) in [6.07, 6.45) is 4.19. The van der Waals surface area contributed by atoms with Gasteiger partial charge in [-0.1, -0.05) is 29.8 Å². The number of halogens is 1. The minimum Gasteiger partial charge on any atom is -0.475 e. The highest BCUT2D eigenvalue weighted by molar-refractivity contribution is 7.89. The van der Waals surface area contributed by atoms with E-state index in [2.05, 4.69) is 20.0 Å². The molecule has 2 aromatic heterocycles. The Morgan fingerprint density at radius 3 is 2.67 bits per heavy atom. The molecule has 0 spiro atoms. The smallest absolute Gasteiger partial charge is 0.240 e. The summed E-state index contributed by atoms with van der Waals surface area (Å²) in [6, 6.07) is 16.1. The van der Waals surface area contributed by atoms with Crippen molar-refractivity contribution in [1.82, 2.24) is 24.5 Å². The third-order valence-electron chi connectivity index (χ3n) is 5.63. The number of fused-ring (bicyclic) bond motifs is 2. The summed E-state index contributed by atoms with van der Waals surface area (Å²) in [4.78, 5) is 0.288. The zero-order chi connectivity index (χ0) is 22.8. The number of hydrogen-bond acceptors (Lipinski definition) is 6. The highest BCUT2D eigenvalue weighted by Gasteiger charge is 2.18. The first-order valence-electron chi connectivity index (χ1n) is 10.7. The lowest BCUT2D eigenvalue weighted by atomic mass is 9.92. The Bertz CT molecular complexity index is 1420. The first-order chi connectivity index (χ1) is 16.0. The van der Waals surface area contributed by atoms with Crippen LogP contribution in [0, 0.1) is 0 Å². The second kappa shape index (κ2) is 9.09. The van der Waals surface area contributed by atoms with Gasteiger partial charge in [-0.25, -0.2) is 13.1 Å². The van der Waals surface area contributed by atoms with Crippen molar-refractivity contribution in [3.05, 3.63) is 70.7 Å². The van der Waals surface area contributed by atoms with Gasteiger partial charge in [0, 0.05) is 18.2 Å². The van der Waals surface area contributed by atoms with Crippen LogP contribution in [0.2, 0.25) is 5.02 Å². The predicted molar refractivity (Wildman–Crippen MR) is 125 cm³/mol. The van der Waals surface area contributed by atoms with Crippen molar-refractivity contribution in [3.63, 3.8) is 0 Å². The van der Waals surface area contributed by atoms with Gasteiger partial charge in [0.05, 0.1) is 9.92 Å². The molecule has 0 radical (unpaired) electrons. The molecule has 8 nitrogen and oxygen atoms in total. The predicted octanol–water partition coefficient (Wildman–Crippen LogP) is 3.68. The summed E-state index contributed by atoms with van der Waals surface area (Å²) >= 11 is 6.29. The molecule has 0 unspecified atom stereocenters. The minimum atomic E-state index is -3.61. The van der Waals surface area contributed by atoms with Crippen molar-refractivity contribution in [2.24, 2.45) is 0 Å². The molecule has 0 fully saturated rings. The molecule has 5 rings (SSSR count). The van der Waals surface area contributed by atoms with Crippen LogP contribution in [-0.4, -0.2) is 41.4 Å². The Morgan fingerprint density at radius 1 is 1.00 bits per heavy atom. The molecule has 33 heavy (non-hydrogen) atoms. The quantitative estimate of drug-likeness (QED) is 0.402. The van der Waals surface area contributed by atoms with Gasteiger partial charge < -0.3 is 4.74 Å². The molecule has 2 aromatic carbocycles. The Kier molecular flexibility index (Phi) is 6.01. The average molecular weight is 484 g/mol. The Labute approximate surface area is 196 Å². The van der Waals surface area contributed by atoms with Crippen LogP contribution in [0.15, 0.2) is 59.5 Å². The number of nitrogens with zero attached hydrogens (tertiary/aromatic N) is 4. The van der Waals surface area contributed by atoms with Gasteiger partial charge in [-0.3, -0.25) is 0 Å². The van der Waals surface area contributed by atoms with E-state index < -0.39 is 10.0 Å². The normalized spacial score (nSPS) is 13.7. The van der Waals surface area contributed by atoms with Crippen LogP contribution in [0.3, 0.4) is 0 Å². The maximum Gasteiger partial charge on any atom is 0.240 e.